The number of nitrogens with one attached hydrogen (secondary N) is 1. The van der Waals surface area contributed by atoms with Gasteiger partial charge in [0.2, 0.25) is 5.91 Å². The van der Waals surface area contributed by atoms with Crippen LogP contribution in [-0.2, 0) is 11.2 Å². The predicted octanol–water partition coefficient (Wildman–Crippen LogP) is 3.19. The third-order valence-corrected chi connectivity index (χ3v) is 4.57. The summed E-state index contributed by atoms with van der Waals surface area (Å²) in [6.07, 6.45) is 2.84. The number of rotatable bonds is 6. The molecule has 0 saturated carbocycles. The van der Waals surface area contributed by atoms with E-state index in [0.717, 1.165) is 18.7 Å². The number of carbonyl (C=O) groups excluding carboxylic acids is 1. The molecule has 0 radical (unpaired) electrons. The molecular formula is C20H26ClN3O. The molecule has 1 fully saturated rings. The van der Waals surface area contributed by atoms with Crippen molar-refractivity contribution in [3.63, 3.8) is 0 Å². The summed E-state index contributed by atoms with van der Waals surface area (Å²) in [6, 6.07) is 18.2. The fraction of sp³-hybridized carbons (Fsp3) is 0.350. The maximum atomic E-state index is 12.3. The van der Waals surface area contributed by atoms with Gasteiger partial charge in [0.25, 0.3) is 0 Å². The van der Waals surface area contributed by atoms with E-state index in [1.54, 1.807) is 0 Å². The zero-order valence-electron chi connectivity index (χ0n) is 14.4. The van der Waals surface area contributed by atoms with Crippen LogP contribution >= 0.6 is 12.4 Å². The fourth-order valence-corrected chi connectivity index (χ4v) is 3.35. The van der Waals surface area contributed by atoms with Gasteiger partial charge in [-0.25, -0.2) is 0 Å². The SMILES string of the molecule is Cl.Nc1cccc(CC(=O)NCC(c2ccccc2)N2CCCC2)c1. The quantitative estimate of drug-likeness (QED) is 0.779. The number of halogens is 1. The lowest BCUT2D eigenvalue weighted by Gasteiger charge is -2.28. The Morgan fingerprint density at radius 2 is 1.80 bits per heavy atom. The molecule has 5 heteroatoms. The Morgan fingerprint density at radius 1 is 1.08 bits per heavy atom. The van der Waals surface area contributed by atoms with Gasteiger partial charge in [0.05, 0.1) is 12.5 Å². The molecule has 0 aromatic heterocycles. The molecule has 0 aliphatic carbocycles. The molecule has 1 heterocycles. The van der Waals surface area contributed by atoms with Gasteiger partial charge in [-0.1, -0.05) is 42.5 Å². The molecule has 1 amide bonds. The summed E-state index contributed by atoms with van der Waals surface area (Å²) >= 11 is 0. The van der Waals surface area contributed by atoms with E-state index in [2.05, 4.69) is 34.5 Å². The smallest absolute Gasteiger partial charge is 0.224 e. The van der Waals surface area contributed by atoms with Crippen LogP contribution in [-0.4, -0.2) is 30.4 Å². The van der Waals surface area contributed by atoms with Crippen molar-refractivity contribution in [2.75, 3.05) is 25.4 Å². The monoisotopic (exact) mass is 359 g/mol. The van der Waals surface area contributed by atoms with Crippen LogP contribution in [0.1, 0.15) is 30.0 Å². The third kappa shape index (κ3) is 5.48. The summed E-state index contributed by atoms with van der Waals surface area (Å²) in [5, 5.41) is 3.10. The van der Waals surface area contributed by atoms with Crippen LogP contribution in [0.15, 0.2) is 54.6 Å². The van der Waals surface area contributed by atoms with E-state index < -0.39 is 0 Å². The summed E-state index contributed by atoms with van der Waals surface area (Å²) in [5.41, 5.74) is 8.69. The van der Waals surface area contributed by atoms with Crippen molar-refractivity contribution in [1.29, 1.82) is 0 Å². The van der Waals surface area contributed by atoms with Gasteiger partial charge in [-0.3, -0.25) is 9.69 Å². The number of nitrogens with zero attached hydrogens (tertiary/aromatic N) is 1. The Hall–Kier alpha value is -2.04. The minimum atomic E-state index is 0. The van der Waals surface area contributed by atoms with Crippen LogP contribution in [0.4, 0.5) is 5.69 Å². The van der Waals surface area contributed by atoms with E-state index in [-0.39, 0.29) is 24.4 Å². The molecule has 1 aliphatic heterocycles. The lowest BCUT2D eigenvalue weighted by atomic mass is 10.1. The zero-order valence-corrected chi connectivity index (χ0v) is 15.2. The number of likely N-dealkylation sites (tertiary alicyclic amines) is 1. The number of hydrogen-bond acceptors (Lipinski definition) is 3. The highest BCUT2D eigenvalue weighted by Gasteiger charge is 2.23. The lowest BCUT2D eigenvalue weighted by molar-refractivity contribution is -0.120. The van der Waals surface area contributed by atoms with Crippen molar-refractivity contribution in [1.82, 2.24) is 10.2 Å². The first kappa shape index (κ1) is 19.3. The van der Waals surface area contributed by atoms with Gasteiger partial charge >= 0.3 is 0 Å². The zero-order chi connectivity index (χ0) is 16.8. The molecular weight excluding hydrogens is 334 g/mol. The molecule has 1 atom stereocenters. The maximum Gasteiger partial charge on any atom is 0.224 e. The predicted molar refractivity (Wildman–Crippen MR) is 105 cm³/mol. The molecule has 4 nitrogen and oxygen atoms in total. The second-order valence-electron chi connectivity index (χ2n) is 6.40. The molecule has 1 unspecified atom stereocenters. The summed E-state index contributed by atoms with van der Waals surface area (Å²) in [6.45, 7) is 2.85. The number of carbonyl (C=O) groups is 1. The third-order valence-electron chi connectivity index (χ3n) is 4.57. The van der Waals surface area contributed by atoms with Crippen LogP contribution in [0.2, 0.25) is 0 Å². The molecule has 3 rings (SSSR count). The summed E-state index contributed by atoms with van der Waals surface area (Å²) in [5.74, 6) is 0.0423. The Labute approximate surface area is 155 Å². The van der Waals surface area contributed by atoms with Crippen molar-refractivity contribution < 1.29 is 4.79 Å². The Balaban J connectivity index is 0.00000225. The molecule has 0 spiro atoms. The molecule has 1 aliphatic rings. The van der Waals surface area contributed by atoms with E-state index >= 15 is 0 Å². The van der Waals surface area contributed by atoms with E-state index in [1.807, 2.05) is 30.3 Å². The van der Waals surface area contributed by atoms with Crippen molar-refractivity contribution in [3.8, 4) is 0 Å². The van der Waals surface area contributed by atoms with E-state index in [9.17, 15) is 4.79 Å². The van der Waals surface area contributed by atoms with Gasteiger partial charge in [-0.05, 0) is 49.2 Å². The Bertz CT molecular complexity index is 672. The number of amides is 1. The number of nitrogen functional groups attached to an aromatic ring is 1. The molecule has 134 valence electrons. The summed E-state index contributed by atoms with van der Waals surface area (Å²) < 4.78 is 0. The highest BCUT2D eigenvalue weighted by atomic mass is 35.5. The second kappa shape index (κ2) is 9.44. The topological polar surface area (TPSA) is 58.4 Å². The average Bonchev–Trinajstić information content (AvgIpc) is 3.10. The van der Waals surface area contributed by atoms with Crippen molar-refractivity contribution in [2.45, 2.75) is 25.3 Å². The molecule has 2 aromatic carbocycles. The van der Waals surface area contributed by atoms with Crippen molar-refractivity contribution in [2.24, 2.45) is 0 Å². The molecule has 1 saturated heterocycles. The minimum absolute atomic E-state index is 0. The van der Waals surface area contributed by atoms with Gasteiger partial charge in [-0.15, -0.1) is 12.4 Å². The first-order valence-corrected chi connectivity index (χ1v) is 8.62. The molecule has 2 aromatic rings. The summed E-state index contributed by atoms with van der Waals surface area (Å²) in [4.78, 5) is 14.8. The number of anilines is 1. The second-order valence-corrected chi connectivity index (χ2v) is 6.40. The van der Waals surface area contributed by atoms with Crippen LogP contribution in [0, 0.1) is 0 Å². The molecule has 25 heavy (non-hydrogen) atoms. The maximum absolute atomic E-state index is 12.3. The highest BCUT2D eigenvalue weighted by molar-refractivity contribution is 5.85. The minimum Gasteiger partial charge on any atom is -0.399 e. The first-order chi connectivity index (χ1) is 11.7. The molecule has 3 N–H and O–H groups in total. The van der Waals surface area contributed by atoms with Gasteiger partial charge in [0.1, 0.15) is 0 Å². The van der Waals surface area contributed by atoms with Gasteiger partial charge in [0, 0.05) is 12.2 Å². The lowest BCUT2D eigenvalue weighted by Crippen LogP contribution is -2.37. The Morgan fingerprint density at radius 3 is 2.48 bits per heavy atom. The van der Waals surface area contributed by atoms with Crippen LogP contribution < -0.4 is 11.1 Å². The first-order valence-electron chi connectivity index (χ1n) is 8.62. The van der Waals surface area contributed by atoms with E-state index in [0.29, 0.717) is 18.7 Å². The van der Waals surface area contributed by atoms with Gasteiger partial charge in [0.15, 0.2) is 0 Å². The van der Waals surface area contributed by atoms with Crippen LogP contribution in [0.25, 0.3) is 0 Å². The van der Waals surface area contributed by atoms with Crippen molar-refractivity contribution >= 4 is 24.0 Å². The van der Waals surface area contributed by atoms with Crippen molar-refractivity contribution in [3.05, 3.63) is 65.7 Å². The largest absolute Gasteiger partial charge is 0.399 e. The number of benzene rings is 2. The number of hydrogen-bond donors (Lipinski definition) is 2. The van der Waals surface area contributed by atoms with E-state index in [4.69, 9.17) is 5.73 Å². The number of nitrogens with two attached hydrogens (primary N) is 1. The average molecular weight is 360 g/mol. The molecule has 0 bridgehead atoms. The Kier molecular flexibility index (Phi) is 7.29. The van der Waals surface area contributed by atoms with Crippen LogP contribution in [0.3, 0.4) is 0 Å². The normalized spacial score (nSPS) is 15.4. The highest BCUT2D eigenvalue weighted by Crippen LogP contribution is 2.24. The fourth-order valence-electron chi connectivity index (χ4n) is 3.35. The van der Waals surface area contributed by atoms with Gasteiger partial charge < -0.3 is 11.1 Å². The van der Waals surface area contributed by atoms with Gasteiger partial charge in [-0.2, -0.15) is 0 Å². The van der Waals surface area contributed by atoms with Crippen LogP contribution in [0.5, 0.6) is 0 Å². The van der Waals surface area contributed by atoms with E-state index in [1.165, 1.54) is 18.4 Å². The summed E-state index contributed by atoms with van der Waals surface area (Å²) in [7, 11) is 0. The standard InChI is InChI=1S/C20H25N3O.ClH/c21-18-10-6-7-16(13-18)14-20(24)22-15-19(23-11-4-5-12-23)17-8-2-1-3-9-17;/h1-3,6-10,13,19H,4-5,11-12,14-15,21H2,(H,22,24);1H.